The normalized spacial score (nSPS) is 14.1. The van der Waals surface area contributed by atoms with Gasteiger partial charge in [-0.1, -0.05) is 12.1 Å². The van der Waals surface area contributed by atoms with Gasteiger partial charge in [0.1, 0.15) is 29.9 Å². The predicted octanol–water partition coefficient (Wildman–Crippen LogP) is -1.59. The zero-order valence-electron chi connectivity index (χ0n) is 19.7. The highest BCUT2D eigenvalue weighted by molar-refractivity contribution is 7.98. The van der Waals surface area contributed by atoms with E-state index in [2.05, 4.69) is 16.0 Å². The van der Waals surface area contributed by atoms with Crippen LogP contribution in [0.3, 0.4) is 0 Å². The molecule has 200 valence electrons. The topological polar surface area (TPSA) is 228 Å². The Bertz CT molecular complexity index is 913. The maximum absolute atomic E-state index is 13.0. The summed E-state index contributed by atoms with van der Waals surface area (Å²) in [5.74, 6) is -4.65. The lowest BCUT2D eigenvalue weighted by Gasteiger charge is -2.25. The second-order valence-corrected chi connectivity index (χ2v) is 8.88. The first kappa shape index (κ1) is 30.7. The lowest BCUT2D eigenvalue weighted by Crippen LogP contribution is -2.58. The Labute approximate surface area is 211 Å². The van der Waals surface area contributed by atoms with Crippen LogP contribution in [0, 0.1) is 0 Å². The second-order valence-electron chi connectivity index (χ2n) is 7.90. The molecule has 0 aliphatic heterocycles. The van der Waals surface area contributed by atoms with E-state index in [1.165, 1.54) is 36.0 Å². The molecular weight excluding hydrogens is 496 g/mol. The number of carboxylic acid groups (broad SMARTS) is 2. The number of thioether (sulfide) groups is 1. The van der Waals surface area contributed by atoms with Crippen LogP contribution in [-0.2, 0) is 30.4 Å². The minimum absolute atomic E-state index is 0.0246. The fourth-order valence-corrected chi connectivity index (χ4v) is 3.48. The van der Waals surface area contributed by atoms with Crippen molar-refractivity contribution in [2.75, 3.05) is 18.6 Å². The molecule has 9 N–H and O–H groups in total. The Morgan fingerprint density at radius 3 is 1.97 bits per heavy atom. The summed E-state index contributed by atoms with van der Waals surface area (Å²) in [6.07, 6.45) is 1.01. The Kier molecular flexibility index (Phi) is 13.3. The molecule has 1 aromatic carbocycles. The number of hydrogen-bond donors (Lipinski definition) is 8. The lowest BCUT2D eigenvalue weighted by molar-refractivity contribution is -0.142. The third-order valence-electron chi connectivity index (χ3n) is 5.05. The van der Waals surface area contributed by atoms with E-state index in [4.69, 9.17) is 15.9 Å². The summed E-state index contributed by atoms with van der Waals surface area (Å²) in [5.41, 5.74) is 5.98. The predicted molar refractivity (Wildman–Crippen MR) is 130 cm³/mol. The highest BCUT2D eigenvalue weighted by Gasteiger charge is 2.30. The number of amides is 3. The minimum atomic E-state index is -1.40. The maximum Gasteiger partial charge on any atom is 0.326 e. The number of carboxylic acids is 2. The number of carbonyl (C=O) groups excluding carboxylic acids is 3. The van der Waals surface area contributed by atoms with E-state index in [1.807, 2.05) is 0 Å². The van der Waals surface area contributed by atoms with Crippen LogP contribution in [0.5, 0.6) is 5.75 Å². The van der Waals surface area contributed by atoms with E-state index in [1.54, 1.807) is 6.26 Å². The number of phenols is 1. The minimum Gasteiger partial charge on any atom is -0.508 e. The van der Waals surface area contributed by atoms with Gasteiger partial charge in [-0.2, -0.15) is 11.8 Å². The SMILES string of the molecule is CSCCC(NC(=O)C(Cc1ccc(O)cc1)NC(=O)C(CCC(=O)O)NC(=O)C(N)CO)C(=O)O. The van der Waals surface area contributed by atoms with Crippen molar-refractivity contribution in [3.8, 4) is 5.75 Å². The van der Waals surface area contributed by atoms with Gasteiger partial charge in [-0.05, 0) is 42.5 Å². The maximum atomic E-state index is 13.0. The van der Waals surface area contributed by atoms with Crippen molar-refractivity contribution in [3.05, 3.63) is 29.8 Å². The van der Waals surface area contributed by atoms with Gasteiger partial charge < -0.3 is 42.1 Å². The molecule has 0 radical (unpaired) electrons. The summed E-state index contributed by atoms with van der Waals surface area (Å²) in [5, 5.41) is 44.1. The number of aliphatic hydroxyl groups excluding tert-OH is 1. The smallest absolute Gasteiger partial charge is 0.326 e. The van der Waals surface area contributed by atoms with E-state index in [-0.39, 0.29) is 25.0 Å². The molecule has 0 aromatic heterocycles. The molecule has 0 saturated carbocycles. The summed E-state index contributed by atoms with van der Waals surface area (Å²) >= 11 is 1.39. The van der Waals surface area contributed by atoms with Crippen LogP contribution in [0.1, 0.15) is 24.8 Å². The molecule has 1 rings (SSSR count). The van der Waals surface area contributed by atoms with Crippen molar-refractivity contribution in [2.24, 2.45) is 5.73 Å². The molecule has 0 aliphatic carbocycles. The number of hydrogen-bond acceptors (Lipinski definition) is 9. The summed E-state index contributed by atoms with van der Waals surface area (Å²) < 4.78 is 0. The number of aromatic hydroxyl groups is 1. The molecule has 36 heavy (non-hydrogen) atoms. The fourth-order valence-electron chi connectivity index (χ4n) is 3.01. The molecular formula is C22H32N4O9S. The summed E-state index contributed by atoms with van der Waals surface area (Å²) in [6, 6.07) is 0.501. The first-order chi connectivity index (χ1) is 17.0. The van der Waals surface area contributed by atoms with Crippen LogP contribution < -0.4 is 21.7 Å². The lowest BCUT2D eigenvalue weighted by atomic mass is 10.0. The number of aliphatic carboxylic acids is 2. The van der Waals surface area contributed by atoms with Crippen LogP contribution in [-0.4, -0.2) is 92.9 Å². The molecule has 4 atom stereocenters. The summed E-state index contributed by atoms with van der Waals surface area (Å²) in [7, 11) is 0. The number of phenolic OH excluding ortho intramolecular Hbond substituents is 1. The van der Waals surface area contributed by atoms with Gasteiger partial charge in [-0.25, -0.2) is 4.79 Å². The van der Waals surface area contributed by atoms with Gasteiger partial charge in [-0.15, -0.1) is 0 Å². The number of benzene rings is 1. The third kappa shape index (κ3) is 10.9. The molecule has 0 bridgehead atoms. The first-order valence-corrected chi connectivity index (χ1v) is 12.4. The Morgan fingerprint density at radius 1 is 0.889 bits per heavy atom. The van der Waals surface area contributed by atoms with E-state index in [9.17, 15) is 34.2 Å². The zero-order chi connectivity index (χ0) is 27.3. The van der Waals surface area contributed by atoms with Crippen LogP contribution in [0.15, 0.2) is 24.3 Å². The van der Waals surface area contributed by atoms with Crippen LogP contribution in [0.4, 0.5) is 0 Å². The van der Waals surface area contributed by atoms with Gasteiger partial charge in [0, 0.05) is 12.8 Å². The number of rotatable bonds is 16. The van der Waals surface area contributed by atoms with Gasteiger partial charge in [0.05, 0.1) is 6.61 Å². The molecule has 4 unspecified atom stereocenters. The van der Waals surface area contributed by atoms with Crippen molar-refractivity contribution in [1.82, 2.24) is 16.0 Å². The van der Waals surface area contributed by atoms with E-state index < -0.39 is 66.9 Å². The number of nitrogens with one attached hydrogen (secondary N) is 3. The van der Waals surface area contributed by atoms with Crippen LogP contribution in [0.25, 0.3) is 0 Å². The van der Waals surface area contributed by atoms with Gasteiger partial charge in [0.25, 0.3) is 0 Å². The Morgan fingerprint density at radius 2 is 1.44 bits per heavy atom. The molecule has 13 nitrogen and oxygen atoms in total. The van der Waals surface area contributed by atoms with Crippen LogP contribution >= 0.6 is 11.8 Å². The van der Waals surface area contributed by atoms with Gasteiger partial charge >= 0.3 is 11.9 Å². The quantitative estimate of drug-likeness (QED) is 0.122. The fraction of sp³-hybridized carbons (Fsp3) is 0.500. The molecule has 1 aromatic rings. The van der Waals surface area contributed by atoms with Gasteiger partial charge in [0.15, 0.2) is 0 Å². The molecule has 3 amide bonds. The Balaban J connectivity index is 3.15. The molecule has 0 aliphatic rings. The van der Waals surface area contributed by atoms with Crippen LogP contribution in [0.2, 0.25) is 0 Å². The number of aliphatic hydroxyl groups is 1. The third-order valence-corrected chi connectivity index (χ3v) is 5.69. The van der Waals surface area contributed by atoms with Crippen molar-refractivity contribution >= 4 is 41.4 Å². The average molecular weight is 529 g/mol. The molecule has 0 fully saturated rings. The monoisotopic (exact) mass is 528 g/mol. The Hall–Kier alpha value is -3.36. The van der Waals surface area contributed by atoms with Crippen molar-refractivity contribution in [1.29, 1.82) is 0 Å². The molecule has 0 saturated heterocycles. The van der Waals surface area contributed by atoms with Crippen molar-refractivity contribution in [3.63, 3.8) is 0 Å². The second kappa shape index (κ2) is 15.6. The largest absolute Gasteiger partial charge is 0.508 e. The summed E-state index contributed by atoms with van der Waals surface area (Å²) in [4.78, 5) is 60.7. The van der Waals surface area contributed by atoms with E-state index in [0.29, 0.717) is 11.3 Å². The number of nitrogens with two attached hydrogens (primary N) is 1. The average Bonchev–Trinajstić information content (AvgIpc) is 2.83. The van der Waals surface area contributed by atoms with Gasteiger partial charge in [0.2, 0.25) is 17.7 Å². The molecule has 0 spiro atoms. The van der Waals surface area contributed by atoms with E-state index in [0.717, 1.165) is 0 Å². The molecule has 0 heterocycles. The highest BCUT2D eigenvalue weighted by atomic mass is 32.2. The van der Waals surface area contributed by atoms with Gasteiger partial charge in [-0.3, -0.25) is 19.2 Å². The van der Waals surface area contributed by atoms with E-state index >= 15 is 0 Å². The van der Waals surface area contributed by atoms with Crippen molar-refractivity contribution in [2.45, 2.75) is 49.9 Å². The summed E-state index contributed by atoms with van der Waals surface area (Å²) in [6.45, 7) is -0.711. The highest BCUT2D eigenvalue weighted by Crippen LogP contribution is 2.12. The number of carbonyl (C=O) groups is 5. The first-order valence-electron chi connectivity index (χ1n) is 11.0. The zero-order valence-corrected chi connectivity index (χ0v) is 20.5. The standard InChI is InChI=1S/C22H32N4O9S/c1-36-9-8-16(22(34)35)25-21(33)17(10-12-2-4-13(28)5-3-12)26-20(32)15(6-7-18(29)30)24-19(31)14(23)11-27/h2-5,14-17,27-28H,6-11,23H2,1H3,(H,24,31)(H,25,33)(H,26,32)(H,29,30)(H,34,35). The van der Waals surface area contributed by atoms with Crippen molar-refractivity contribution < 1.29 is 44.4 Å². The molecule has 14 heteroatoms.